The Labute approximate surface area is 99.1 Å². The Morgan fingerprint density at radius 1 is 1.47 bits per heavy atom. The van der Waals surface area contributed by atoms with Gasteiger partial charge < -0.3 is 10.4 Å². The van der Waals surface area contributed by atoms with Gasteiger partial charge in [0.2, 0.25) is 0 Å². The Kier molecular flexibility index (Phi) is 5.22. The maximum atomic E-state index is 9.28. The number of pyridine rings is 1. The van der Waals surface area contributed by atoms with Gasteiger partial charge in [0.05, 0.1) is 12.6 Å². The molecule has 0 fully saturated rings. The number of aliphatic hydroxyl groups is 1. The predicted molar refractivity (Wildman–Crippen MR) is 64.6 cm³/mol. The fraction of sp³-hybridized carbons (Fsp3) is 0.545. The first kappa shape index (κ1) is 12.6. The van der Waals surface area contributed by atoms with Gasteiger partial charge in [-0.15, -0.1) is 0 Å². The third kappa shape index (κ3) is 4.28. The Balaban J connectivity index is 2.65. The summed E-state index contributed by atoms with van der Waals surface area (Å²) in [6, 6.07) is 1.94. The van der Waals surface area contributed by atoms with Crippen molar-refractivity contribution in [2.24, 2.45) is 5.92 Å². The topological polar surface area (TPSA) is 45.1 Å². The molecule has 0 bridgehead atoms. The zero-order valence-corrected chi connectivity index (χ0v) is 10.7. The van der Waals surface area contributed by atoms with Crippen LogP contribution >= 0.6 is 15.9 Å². The fourth-order valence-corrected chi connectivity index (χ4v) is 1.67. The lowest BCUT2D eigenvalue weighted by atomic mass is 10.1. The van der Waals surface area contributed by atoms with Gasteiger partial charge in [-0.25, -0.2) is 0 Å². The molecule has 1 atom stereocenters. The molecule has 0 aliphatic rings. The summed E-state index contributed by atoms with van der Waals surface area (Å²) in [5, 5.41) is 12.6. The third-order valence-corrected chi connectivity index (χ3v) is 2.52. The number of halogens is 1. The fourth-order valence-electron chi connectivity index (χ4n) is 1.28. The Morgan fingerprint density at radius 2 is 2.20 bits per heavy atom. The minimum atomic E-state index is -0.0302. The van der Waals surface area contributed by atoms with E-state index in [9.17, 15) is 5.11 Å². The molecule has 0 aliphatic carbocycles. The van der Waals surface area contributed by atoms with Crippen molar-refractivity contribution in [1.82, 2.24) is 10.3 Å². The molecule has 1 unspecified atom stereocenters. The molecule has 0 amide bonds. The van der Waals surface area contributed by atoms with Gasteiger partial charge in [0.1, 0.15) is 0 Å². The van der Waals surface area contributed by atoms with Gasteiger partial charge in [-0.05, 0) is 40.0 Å². The molecule has 3 nitrogen and oxygen atoms in total. The highest BCUT2D eigenvalue weighted by Gasteiger charge is 2.10. The number of aliphatic hydroxyl groups excluding tert-OH is 1. The van der Waals surface area contributed by atoms with Crippen molar-refractivity contribution in [2.45, 2.75) is 19.9 Å². The molecule has 2 N–H and O–H groups in total. The van der Waals surface area contributed by atoms with Gasteiger partial charge in [0.15, 0.2) is 0 Å². The molecular weight excluding hydrogens is 256 g/mol. The van der Waals surface area contributed by atoms with Crippen LogP contribution in [0.5, 0.6) is 0 Å². The first-order valence-corrected chi connectivity index (χ1v) is 5.87. The van der Waals surface area contributed by atoms with Crippen molar-refractivity contribution in [3.05, 3.63) is 28.5 Å². The maximum absolute atomic E-state index is 9.28. The maximum Gasteiger partial charge on any atom is 0.0627 e. The number of nitrogens with one attached hydrogen (secondary N) is 1. The van der Waals surface area contributed by atoms with Crippen LogP contribution in [0.25, 0.3) is 0 Å². The van der Waals surface area contributed by atoms with Crippen LogP contribution in [0.4, 0.5) is 0 Å². The Hall–Kier alpha value is -0.450. The highest BCUT2D eigenvalue weighted by molar-refractivity contribution is 9.10. The molecule has 1 aromatic heterocycles. The van der Waals surface area contributed by atoms with E-state index in [2.05, 4.69) is 40.1 Å². The number of nitrogens with zero attached hydrogens (tertiary/aromatic N) is 1. The van der Waals surface area contributed by atoms with Crippen molar-refractivity contribution in [2.75, 3.05) is 13.2 Å². The van der Waals surface area contributed by atoms with Crippen molar-refractivity contribution in [1.29, 1.82) is 0 Å². The van der Waals surface area contributed by atoms with E-state index in [0.717, 1.165) is 16.6 Å². The standard InChI is InChI=1S/C11H17BrN2O/c1-8(2)4-14-11(7-15)9-3-10(12)6-13-5-9/h3,5-6,8,11,14-15H,4,7H2,1-2H3. The summed E-state index contributed by atoms with van der Waals surface area (Å²) in [5.74, 6) is 0.569. The van der Waals surface area contributed by atoms with Crippen LogP contribution in [0.1, 0.15) is 25.5 Å². The number of aromatic nitrogens is 1. The molecule has 0 aliphatic heterocycles. The quantitative estimate of drug-likeness (QED) is 0.863. The summed E-state index contributed by atoms with van der Waals surface area (Å²) in [4.78, 5) is 4.08. The number of rotatable bonds is 5. The first-order valence-electron chi connectivity index (χ1n) is 5.08. The van der Waals surface area contributed by atoms with Crippen molar-refractivity contribution in [3.63, 3.8) is 0 Å². The van der Waals surface area contributed by atoms with Crippen LogP contribution in [-0.4, -0.2) is 23.2 Å². The van der Waals surface area contributed by atoms with E-state index >= 15 is 0 Å². The molecular formula is C11H17BrN2O. The molecule has 1 rings (SSSR count). The predicted octanol–water partition coefficient (Wildman–Crippen LogP) is 2.12. The van der Waals surface area contributed by atoms with E-state index in [0.29, 0.717) is 5.92 Å². The third-order valence-electron chi connectivity index (χ3n) is 2.08. The minimum absolute atomic E-state index is 0.0302. The van der Waals surface area contributed by atoms with Crippen LogP contribution in [-0.2, 0) is 0 Å². The van der Waals surface area contributed by atoms with Gasteiger partial charge in [0.25, 0.3) is 0 Å². The number of hydrogen-bond acceptors (Lipinski definition) is 3. The van der Waals surface area contributed by atoms with Crippen molar-refractivity contribution in [3.8, 4) is 0 Å². The Bertz CT molecular complexity index is 304. The van der Waals surface area contributed by atoms with E-state index in [1.807, 2.05) is 6.07 Å². The Morgan fingerprint density at radius 3 is 2.73 bits per heavy atom. The largest absolute Gasteiger partial charge is 0.394 e. The molecule has 15 heavy (non-hydrogen) atoms. The van der Waals surface area contributed by atoms with Crippen LogP contribution in [0, 0.1) is 5.92 Å². The van der Waals surface area contributed by atoms with Gasteiger partial charge in [-0.1, -0.05) is 13.8 Å². The summed E-state index contributed by atoms with van der Waals surface area (Å²) >= 11 is 3.37. The second kappa shape index (κ2) is 6.20. The summed E-state index contributed by atoms with van der Waals surface area (Å²) in [6.07, 6.45) is 3.51. The van der Waals surface area contributed by atoms with Crippen LogP contribution in [0.15, 0.2) is 22.9 Å². The minimum Gasteiger partial charge on any atom is -0.394 e. The van der Waals surface area contributed by atoms with Gasteiger partial charge in [-0.3, -0.25) is 4.98 Å². The zero-order chi connectivity index (χ0) is 11.3. The molecule has 0 radical (unpaired) electrons. The summed E-state index contributed by atoms with van der Waals surface area (Å²) in [7, 11) is 0. The molecule has 0 saturated heterocycles. The molecule has 0 saturated carbocycles. The second-order valence-electron chi connectivity index (χ2n) is 3.97. The molecule has 0 aromatic carbocycles. The van der Waals surface area contributed by atoms with Crippen LogP contribution in [0.2, 0.25) is 0 Å². The second-order valence-corrected chi connectivity index (χ2v) is 4.89. The average Bonchev–Trinajstić information content (AvgIpc) is 2.18. The van der Waals surface area contributed by atoms with Crippen LogP contribution in [0.3, 0.4) is 0 Å². The lowest BCUT2D eigenvalue weighted by Gasteiger charge is -2.17. The molecule has 0 spiro atoms. The lowest BCUT2D eigenvalue weighted by Crippen LogP contribution is -2.28. The van der Waals surface area contributed by atoms with E-state index in [1.54, 1.807) is 12.4 Å². The van der Waals surface area contributed by atoms with Crippen molar-refractivity contribution >= 4 is 15.9 Å². The molecule has 84 valence electrons. The normalized spacial score (nSPS) is 13.1. The smallest absolute Gasteiger partial charge is 0.0627 e. The zero-order valence-electron chi connectivity index (χ0n) is 9.07. The van der Waals surface area contributed by atoms with Crippen molar-refractivity contribution < 1.29 is 5.11 Å². The van der Waals surface area contributed by atoms with Gasteiger partial charge in [-0.2, -0.15) is 0 Å². The highest BCUT2D eigenvalue weighted by atomic mass is 79.9. The van der Waals surface area contributed by atoms with E-state index in [4.69, 9.17) is 0 Å². The molecule has 4 heteroatoms. The van der Waals surface area contributed by atoms with E-state index in [-0.39, 0.29) is 12.6 Å². The van der Waals surface area contributed by atoms with E-state index < -0.39 is 0 Å². The van der Waals surface area contributed by atoms with Gasteiger partial charge in [0, 0.05) is 16.9 Å². The monoisotopic (exact) mass is 272 g/mol. The first-order chi connectivity index (χ1) is 7.13. The lowest BCUT2D eigenvalue weighted by molar-refractivity contribution is 0.240. The summed E-state index contributed by atoms with van der Waals surface area (Å²) in [6.45, 7) is 5.25. The molecule has 1 heterocycles. The van der Waals surface area contributed by atoms with Gasteiger partial charge >= 0.3 is 0 Å². The van der Waals surface area contributed by atoms with Crippen LogP contribution < -0.4 is 5.32 Å². The van der Waals surface area contributed by atoms with E-state index in [1.165, 1.54) is 0 Å². The average molecular weight is 273 g/mol. The SMILES string of the molecule is CC(C)CNC(CO)c1cncc(Br)c1. The highest BCUT2D eigenvalue weighted by Crippen LogP contribution is 2.16. The summed E-state index contributed by atoms with van der Waals surface area (Å²) < 4.78 is 0.935. The number of hydrogen-bond donors (Lipinski definition) is 2. The summed E-state index contributed by atoms with van der Waals surface area (Å²) in [5.41, 5.74) is 1.01. The molecule has 1 aromatic rings.